The number of phenols is 1. The number of phenolic OH excluding ortho intramolecular Hbond substituents is 1. The van der Waals surface area contributed by atoms with Crippen molar-refractivity contribution in [3.05, 3.63) is 90.4 Å². The first-order valence-electron chi connectivity index (χ1n) is 9.69. The Kier molecular flexibility index (Phi) is 4.18. The number of rotatable bonds is 5. The lowest BCUT2D eigenvalue weighted by Crippen LogP contribution is -2.26. The van der Waals surface area contributed by atoms with Crippen molar-refractivity contribution in [3.8, 4) is 28.1 Å². The number of nitrogens with two attached hydrogens (primary N) is 1. The summed E-state index contributed by atoms with van der Waals surface area (Å²) in [5.74, 6) is 1.05. The fraction of sp³-hybridized carbons (Fsp3) is 0.167. The van der Waals surface area contributed by atoms with Crippen LogP contribution in [-0.4, -0.2) is 15.2 Å². The van der Waals surface area contributed by atoms with Crippen LogP contribution in [0.15, 0.2) is 83.6 Å². The number of hydrogen-bond acceptors (Lipinski definition) is 5. The molecule has 2 aromatic carbocycles. The van der Waals surface area contributed by atoms with E-state index >= 15 is 0 Å². The first-order chi connectivity index (χ1) is 14.2. The van der Waals surface area contributed by atoms with Gasteiger partial charge in [0.15, 0.2) is 5.76 Å². The third-order valence-corrected chi connectivity index (χ3v) is 5.80. The van der Waals surface area contributed by atoms with Gasteiger partial charge >= 0.3 is 0 Å². The van der Waals surface area contributed by atoms with Gasteiger partial charge < -0.3 is 15.4 Å². The summed E-state index contributed by atoms with van der Waals surface area (Å²) < 4.78 is 6.00. The average Bonchev–Trinajstić information content (AvgIpc) is 3.46. The second kappa shape index (κ2) is 6.87. The largest absolute Gasteiger partial charge is 0.508 e. The lowest BCUT2D eigenvalue weighted by atomic mass is 9.84. The van der Waals surface area contributed by atoms with Crippen molar-refractivity contribution in [1.29, 1.82) is 0 Å². The maximum Gasteiger partial charge on any atom is 0.153 e. The van der Waals surface area contributed by atoms with Crippen molar-refractivity contribution >= 4 is 0 Å². The summed E-state index contributed by atoms with van der Waals surface area (Å²) in [5.41, 5.74) is 11.2. The predicted molar refractivity (Wildman–Crippen MR) is 111 cm³/mol. The van der Waals surface area contributed by atoms with E-state index in [1.165, 1.54) is 0 Å². The molecule has 0 amide bonds. The van der Waals surface area contributed by atoms with Crippen LogP contribution in [0.3, 0.4) is 0 Å². The normalized spacial score (nSPS) is 15.8. The Balaban J connectivity index is 1.67. The molecule has 5 nitrogen and oxygen atoms in total. The second-order valence-corrected chi connectivity index (χ2v) is 7.56. The van der Waals surface area contributed by atoms with Crippen molar-refractivity contribution < 1.29 is 9.63 Å². The van der Waals surface area contributed by atoms with Gasteiger partial charge in [-0.05, 0) is 60.4 Å². The van der Waals surface area contributed by atoms with E-state index in [1.807, 2.05) is 42.5 Å². The van der Waals surface area contributed by atoms with E-state index in [0.29, 0.717) is 0 Å². The number of hydrogen-bond donors (Lipinski definition) is 2. The van der Waals surface area contributed by atoms with Crippen LogP contribution in [0.4, 0.5) is 0 Å². The Labute approximate surface area is 168 Å². The quantitative estimate of drug-likeness (QED) is 0.515. The van der Waals surface area contributed by atoms with Crippen molar-refractivity contribution in [1.82, 2.24) is 10.1 Å². The SMILES string of the molecule is NC(c1ccncc1)C1(c2onc(-c3ccc(O)cc3)c2-c2ccccc2)CC1. The van der Waals surface area contributed by atoms with Crippen LogP contribution in [0.1, 0.15) is 30.2 Å². The predicted octanol–water partition coefficient (Wildman–Crippen LogP) is 4.84. The van der Waals surface area contributed by atoms with Crippen LogP contribution in [0.25, 0.3) is 22.4 Å². The fourth-order valence-corrected chi connectivity index (χ4v) is 4.02. The number of aromatic nitrogens is 2. The van der Waals surface area contributed by atoms with Crippen LogP contribution in [0, 0.1) is 0 Å². The minimum Gasteiger partial charge on any atom is -0.508 e. The van der Waals surface area contributed by atoms with Gasteiger partial charge in [-0.25, -0.2) is 0 Å². The molecule has 1 fully saturated rings. The van der Waals surface area contributed by atoms with E-state index in [2.05, 4.69) is 22.3 Å². The highest BCUT2D eigenvalue weighted by Gasteiger charge is 2.54. The molecule has 0 radical (unpaired) electrons. The second-order valence-electron chi connectivity index (χ2n) is 7.56. The number of nitrogens with zero attached hydrogens (tertiary/aromatic N) is 2. The van der Waals surface area contributed by atoms with Gasteiger partial charge in [0, 0.05) is 24.0 Å². The zero-order valence-electron chi connectivity index (χ0n) is 15.8. The molecule has 1 aliphatic rings. The molecule has 0 saturated heterocycles. The summed E-state index contributed by atoms with van der Waals surface area (Å²) >= 11 is 0. The zero-order valence-corrected chi connectivity index (χ0v) is 15.8. The van der Waals surface area contributed by atoms with Crippen LogP contribution in [0.5, 0.6) is 5.75 Å². The van der Waals surface area contributed by atoms with Crippen LogP contribution < -0.4 is 5.73 Å². The highest BCUT2D eigenvalue weighted by Crippen LogP contribution is 2.58. The van der Waals surface area contributed by atoms with Gasteiger partial charge in [0.25, 0.3) is 0 Å². The summed E-state index contributed by atoms with van der Waals surface area (Å²) in [6, 6.07) is 20.9. The van der Waals surface area contributed by atoms with E-state index in [-0.39, 0.29) is 17.2 Å². The minimum atomic E-state index is -0.283. The van der Waals surface area contributed by atoms with Crippen LogP contribution in [-0.2, 0) is 5.41 Å². The highest BCUT2D eigenvalue weighted by atomic mass is 16.5. The lowest BCUT2D eigenvalue weighted by Gasteiger charge is -2.22. The minimum absolute atomic E-state index is 0.200. The Morgan fingerprint density at radius 1 is 0.897 bits per heavy atom. The Bertz CT molecular complexity index is 1120. The molecule has 29 heavy (non-hydrogen) atoms. The monoisotopic (exact) mass is 383 g/mol. The third-order valence-electron chi connectivity index (χ3n) is 5.80. The summed E-state index contributed by atoms with van der Waals surface area (Å²) in [5, 5.41) is 14.1. The van der Waals surface area contributed by atoms with E-state index < -0.39 is 0 Å². The van der Waals surface area contributed by atoms with Gasteiger partial charge in [-0.1, -0.05) is 35.5 Å². The number of pyridine rings is 1. The Hall–Kier alpha value is -3.44. The molecule has 1 saturated carbocycles. The van der Waals surface area contributed by atoms with Crippen molar-refractivity contribution in [2.45, 2.75) is 24.3 Å². The summed E-state index contributed by atoms with van der Waals surface area (Å²) in [7, 11) is 0. The zero-order chi connectivity index (χ0) is 19.8. The van der Waals surface area contributed by atoms with E-state index in [0.717, 1.165) is 46.5 Å². The molecular weight excluding hydrogens is 362 g/mol. The maximum absolute atomic E-state index is 9.67. The number of benzene rings is 2. The molecule has 0 spiro atoms. The molecule has 3 N–H and O–H groups in total. The molecule has 5 rings (SSSR count). The van der Waals surface area contributed by atoms with Crippen LogP contribution >= 0.6 is 0 Å². The van der Waals surface area contributed by atoms with Gasteiger partial charge in [-0.15, -0.1) is 0 Å². The molecule has 5 heteroatoms. The van der Waals surface area contributed by atoms with E-state index in [9.17, 15) is 5.11 Å². The molecular formula is C24H21N3O2. The standard InChI is InChI=1S/C24H21N3O2/c25-22(18-10-14-26-15-11-18)24(12-13-24)23-20(16-4-2-1-3-5-16)21(27-29-23)17-6-8-19(28)9-7-17/h1-11,14-15,22,28H,12-13,25H2. The van der Waals surface area contributed by atoms with Crippen LogP contribution in [0.2, 0.25) is 0 Å². The van der Waals surface area contributed by atoms with Gasteiger partial charge in [-0.3, -0.25) is 4.98 Å². The maximum atomic E-state index is 9.67. The third kappa shape index (κ3) is 3.00. The fourth-order valence-electron chi connectivity index (χ4n) is 4.02. The molecule has 2 heterocycles. The summed E-state index contributed by atoms with van der Waals surface area (Å²) in [6.07, 6.45) is 5.43. The molecule has 2 aromatic heterocycles. The molecule has 1 atom stereocenters. The molecule has 1 aliphatic carbocycles. The Morgan fingerprint density at radius 2 is 1.59 bits per heavy atom. The number of aromatic hydroxyl groups is 1. The van der Waals surface area contributed by atoms with Gasteiger partial charge in [0.1, 0.15) is 11.4 Å². The van der Waals surface area contributed by atoms with Gasteiger partial charge in [0.2, 0.25) is 0 Å². The molecule has 0 bridgehead atoms. The lowest BCUT2D eigenvalue weighted by molar-refractivity contribution is 0.333. The first-order valence-corrected chi connectivity index (χ1v) is 9.69. The first kappa shape index (κ1) is 17.6. The van der Waals surface area contributed by atoms with Crippen molar-refractivity contribution in [2.24, 2.45) is 5.73 Å². The summed E-state index contributed by atoms with van der Waals surface area (Å²) in [4.78, 5) is 4.11. The van der Waals surface area contributed by atoms with Crippen molar-refractivity contribution in [3.63, 3.8) is 0 Å². The highest BCUT2D eigenvalue weighted by molar-refractivity contribution is 5.83. The van der Waals surface area contributed by atoms with Crippen molar-refractivity contribution in [2.75, 3.05) is 0 Å². The summed E-state index contributed by atoms with van der Waals surface area (Å²) in [6.45, 7) is 0. The van der Waals surface area contributed by atoms with Gasteiger partial charge in [0.05, 0.1) is 11.0 Å². The molecule has 0 aliphatic heterocycles. The average molecular weight is 383 g/mol. The molecule has 4 aromatic rings. The smallest absolute Gasteiger partial charge is 0.153 e. The topological polar surface area (TPSA) is 85.2 Å². The van der Waals surface area contributed by atoms with E-state index in [1.54, 1.807) is 24.5 Å². The van der Waals surface area contributed by atoms with Gasteiger partial charge in [-0.2, -0.15) is 0 Å². The van der Waals surface area contributed by atoms with E-state index in [4.69, 9.17) is 10.3 Å². The molecule has 144 valence electrons. The molecule has 1 unspecified atom stereocenters. The Morgan fingerprint density at radius 3 is 2.24 bits per heavy atom.